The van der Waals surface area contributed by atoms with Gasteiger partial charge in [0.1, 0.15) is 11.6 Å². The summed E-state index contributed by atoms with van der Waals surface area (Å²) in [5.74, 6) is 0.669. The maximum Gasteiger partial charge on any atom is 0.136 e. The minimum Gasteiger partial charge on any atom is -0.299 e. The SMILES string of the molecule is Cc1ccccc1CCC(=O)C(C)Cc1ccc(Br)c(CCC(=O)C(C)C)c1. The number of aryl methyl sites for hydroxylation is 3. The fourth-order valence-electron chi connectivity index (χ4n) is 3.36. The maximum absolute atomic E-state index is 12.6. The normalized spacial score (nSPS) is 12.2. The molecule has 0 heterocycles. The van der Waals surface area contributed by atoms with E-state index in [0.717, 1.165) is 34.9 Å². The minimum absolute atomic E-state index is 0.00431. The zero-order chi connectivity index (χ0) is 20.7. The van der Waals surface area contributed by atoms with Gasteiger partial charge in [-0.05, 0) is 54.5 Å². The van der Waals surface area contributed by atoms with Gasteiger partial charge < -0.3 is 0 Å². The fraction of sp³-hybridized carbons (Fsp3) is 0.440. The van der Waals surface area contributed by atoms with E-state index in [1.54, 1.807) is 0 Å². The zero-order valence-electron chi connectivity index (χ0n) is 17.4. The van der Waals surface area contributed by atoms with Gasteiger partial charge in [0.25, 0.3) is 0 Å². The summed E-state index contributed by atoms with van der Waals surface area (Å²) in [5, 5.41) is 0. The molecule has 1 unspecified atom stereocenters. The van der Waals surface area contributed by atoms with Crippen LogP contribution in [0, 0.1) is 18.8 Å². The van der Waals surface area contributed by atoms with Gasteiger partial charge in [0, 0.05) is 29.2 Å². The molecule has 0 aliphatic rings. The lowest BCUT2D eigenvalue weighted by atomic mass is 9.91. The van der Waals surface area contributed by atoms with Gasteiger partial charge in [0.05, 0.1) is 0 Å². The van der Waals surface area contributed by atoms with E-state index in [2.05, 4.69) is 47.1 Å². The second kappa shape index (κ2) is 10.7. The number of rotatable bonds is 10. The number of Topliss-reactive ketones (excluding diaryl/α,β-unsaturated/α-hetero) is 2. The lowest BCUT2D eigenvalue weighted by molar-refractivity contribution is -0.122. The molecule has 28 heavy (non-hydrogen) atoms. The van der Waals surface area contributed by atoms with Crippen LogP contribution in [0.1, 0.15) is 55.9 Å². The first-order valence-electron chi connectivity index (χ1n) is 10.1. The Kier molecular flexibility index (Phi) is 8.62. The maximum atomic E-state index is 12.6. The molecule has 0 bridgehead atoms. The molecule has 2 nitrogen and oxygen atoms in total. The number of hydrogen-bond acceptors (Lipinski definition) is 2. The van der Waals surface area contributed by atoms with Gasteiger partial charge in [-0.15, -0.1) is 0 Å². The Morgan fingerprint density at radius 2 is 1.54 bits per heavy atom. The molecule has 3 heteroatoms. The van der Waals surface area contributed by atoms with Gasteiger partial charge in [0.15, 0.2) is 0 Å². The molecule has 1 atom stereocenters. The van der Waals surface area contributed by atoms with Crippen molar-refractivity contribution in [2.75, 3.05) is 0 Å². The van der Waals surface area contributed by atoms with Gasteiger partial charge in [0.2, 0.25) is 0 Å². The standard InChI is InChI=1S/C25H31BrO2/c1-17(2)24(27)13-11-22-16-20(9-12-23(22)26)15-19(4)25(28)14-10-21-8-6-5-7-18(21)3/h5-9,12,16-17,19H,10-11,13-15H2,1-4H3. The molecule has 0 fully saturated rings. The number of carbonyl (C=O) groups is 2. The molecule has 0 amide bonds. The molecule has 2 rings (SSSR count). The molecule has 0 saturated carbocycles. The summed E-state index contributed by atoms with van der Waals surface area (Å²) in [6.45, 7) is 8.00. The quantitative estimate of drug-likeness (QED) is 0.432. The van der Waals surface area contributed by atoms with Crippen LogP contribution in [0.5, 0.6) is 0 Å². The molecule has 2 aromatic carbocycles. The third kappa shape index (κ3) is 6.70. The predicted octanol–water partition coefficient (Wildman–Crippen LogP) is 6.30. The Hall–Kier alpha value is -1.74. The van der Waals surface area contributed by atoms with Crippen LogP contribution in [0.2, 0.25) is 0 Å². The van der Waals surface area contributed by atoms with Crippen LogP contribution in [-0.4, -0.2) is 11.6 Å². The van der Waals surface area contributed by atoms with Crippen molar-refractivity contribution >= 4 is 27.5 Å². The Labute approximate surface area is 177 Å². The monoisotopic (exact) mass is 442 g/mol. The van der Waals surface area contributed by atoms with Crippen LogP contribution in [0.3, 0.4) is 0 Å². The first-order valence-corrected chi connectivity index (χ1v) is 10.9. The van der Waals surface area contributed by atoms with Crippen LogP contribution in [-0.2, 0) is 28.9 Å². The summed E-state index contributed by atoms with van der Waals surface area (Å²) in [6, 6.07) is 14.5. The van der Waals surface area contributed by atoms with E-state index in [9.17, 15) is 9.59 Å². The minimum atomic E-state index is -0.00431. The van der Waals surface area contributed by atoms with E-state index < -0.39 is 0 Å². The van der Waals surface area contributed by atoms with E-state index in [0.29, 0.717) is 18.6 Å². The molecule has 0 aliphatic carbocycles. The third-order valence-corrected chi connectivity index (χ3v) is 6.16. The Morgan fingerprint density at radius 3 is 2.21 bits per heavy atom. The van der Waals surface area contributed by atoms with Crippen molar-refractivity contribution in [3.8, 4) is 0 Å². The van der Waals surface area contributed by atoms with Crippen molar-refractivity contribution < 1.29 is 9.59 Å². The lowest BCUT2D eigenvalue weighted by Gasteiger charge is -2.13. The molecular formula is C25H31BrO2. The van der Waals surface area contributed by atoms with Crippen LogP contribution < -0.4 is 0 Å². The van der Waals surface area contributed by atoms with E-state index in [4.69, 9.17) is 0 Å². The summed E-state index contributed by atoms with van der Waals surface area (Å²) in [7, 11) is 0. The number of ketones is 2. The third-order valence-electron chi connectivity index (χ3n) is 5.39. The van der Waals surface area contributed by atoms with Crippen molar-refractivity contribution in [3.63, 3.8) is 0 Å². The number of hydrogen-bond donors (Lipinski definition) is 0. The van der Waals surface area contributed by atoms with Crippen LogP contribution in [0.4, 0.5) is 0 Å². The smallest absolute Gasteiger partial charge is 0.136 e. The fourth-order valence-corrected chi connectivity index (χ4v) is 3.80. The van der Waals surface area contributed by atoms with Crippen LogP contribution in [0.15, 0.2) is 46.9 Å². The Morgan fingerprint density at radius 1 is 0.893 bits per heavy atom. The molecule has 0 spiro atoms. The van der Waals surface area contributed by atoms with Crippen molar-refractivity contribution in [1.82, 2.24) is 0 Å². The van der Waals surface area contributed by atoms with E-state index in [-0.39, 0.29) is 17.6 Å². The van der Waals surface area contributed by atoms with Gasteiger partial charge in [-0.25, -0.2) is 0 Å². The second-order valence-electron chi connectivity index (χ2n) is 8.04. The van der Waals surface area contributed by atoms with Gasteiger partial charge in [-0.2, -0.15) is 0 Å². The topological polar surface area (TPSA) is 34.1 Å². The molecule has 0 N–H and O–H groups in total. The molecule has 0 radical (unpaired) electrons. The molecule has 0 aromatic heterocycles. The first kappa shape index (κ1) is 22.5. The molecule has 2 aromatic rings. The van der Waals surface area contributed by atoms with Crippen molar-refractivity contribution in [1.29, 1.82) is 0 Å². The predicted molar refractivity (Wildman–Crippen MR) is 120 cm³/mol. The Bertz CT molecular complexity index is 823. The second-order valence-corrected chi connectivity index (χ2v) is 8.90. The summed E-state index contributed by atoms with van der Waals surface area (Å²) in [4.78, 5) is 24.6. The summed E-state index contributed by atoms with van der Waals surface area (Å²) in [5.41, 5.74) is 4.80. The highest BCUT2D eigenvalue weighted by Gasteiger charge is 2.15. The Balaban J connectivity index is 1.94. The van der Waals surface area contributed by atoms with Crippen molar-refractivity contribution in [3.05, 3.63) is 69.2 Å². The van der Waals surface area contributed by atoms with E-state index in [1.807, 2.05) is 39.0 Å². The van der Waals surface area contributed by atoms with Crippen molar-refractivity contribution in [2.24, 2.45) is 11.8 Å². The van der Waals surface area contributed by atoms with Gasteiger partial charge in [-0.3, -0.25) is 9.59 Å². The van der Waals surface area contributed by atoms with Crippen LogP contribution in [0.25, 0.3) is 0 Å². The van der Waals surface area contributed by atoms with Gasteiger partial charge >= 0.3 is 0 Å². The molecule has 0 aliphatic heterocycles. The van der Waals surface area contributed by atoms with E-state index >= 15 is 0 Å². The number of benzene rings is 2. The molecule has 150 valence electrons. The average molecular weight is 443 g/mol. The largest absolute Gasteiger partial charge is 0.299 e. The highest BCUT2D eigenvalue weighted by molar-refractivity contribution is 9.10. The molecular weight excluding hydrogens is 412 g/mol. The van der Waals surface area contributed by atoms with E-state index in [1.165, 1.54) is 11.1 Å². The summed E-state index contributed by atoms with van der Waals surface area (Å²) >= 11 is 3.59. The lowest BCUT2D eigenvalue weighted by Crippen LogP contribution is -2.15. The van der Waals surface area contributed by atoms with Gasteiger partial charge in [-0.1, -0.05) is 73.1 Å². The summed E-state index contributed by atoms with van der Waals surface area (Å²) in [6.07, 6.45) is 3.42. The zero-order valence-corrected chi connectivity index (χ0v) is 19.0. The molecule has 0 saturated heterocycles. The highest BCUT2D eigenvalue weighted by Crippen LogP contribution is 2.23. The average Bonchev–Trinajstić information content (AvgIpc) is 2.67. The first-order chi connectivity index (χ1) is 13.3. The number of carbonyl (C=O) groups excluding carboxylic acids is 2. The van der Waals surface area contributed by atoms with Crippen molar-refractivity contribution in [2.45, 2.75) is 59.8 Å². The highest BCUT2D eigenvalue weighted by atomic mass is 79.9. The van der Waals surface area contributed by atoms with Crippen LogP contribution >= 0.6 is 15.9 Å². The summed E-state index contributed by atoms with van der Waals surface area (Å²) < 4.78 is 1.03. The number of halogens is 1.